The van der Waals surface area contributed by atoms with Crippen molar-refractivity contribution in [2.45, 2.75) is 38.2 Å². The van der Waals surface area contributed by atoms with E-state index in [0.717, 1.165) is 16.9 Å². The Hall–Kier alpha value is -2.92. The minimum Gasteiger partial charge on any atom is -0.469 e. The van der Waals surface area contributed by atoms with Crippen LogP contribution in [0.4, 0.5) is 0 Å². The van der Waals surface area contributed by atoms with E-state index in [1.807, 2.05) is 13.8 Å². The second-order valence-electron chi connectivity index (χ2n) is 6.43. The van der Waals surface area contributed by atoms with Crippen LogP contribution in [0.3, 0.4) is 0 Å². The molecule has 0 amide bonds. The topological polar surface area (TPSA) is 124 Å². The number of nitrogens with zero attached hydrogens (tertiary/aromatic N) is 3. The number of carbonyl (C=O) groups is 1. The van der Waals surface area contributed by atoms with Crippen molar-refractivity contribution >= 4 is 39.3 Å². The fourth-order valence-corrected chi connectivity index (χ4v) is 4.75. The first-order chi connectivity index (χ1) is 14.4. The molecule has 4 aromatic heterocycles. The Labute approximate surface area is 178 Å². The lowest BCUT2D eigenvalue weighted by molar-refractivity contribution is 0.0531. The van der Waals surface area contributed by atoms with E-state index in [0.29, 0.717) is 43.4 Å². The van der Waals surface area contributed by atoms with Gasteiger partial charge in [0.2, 0.25) is 0 Å². The SMILES string of the molecule is CCOC(=O)c1sc2nc(C(C)Sc3nnc(-c4ccoc4C)o3)[nH]c(=O)c2c1C. The molecule has 0 fully saturated rings. The van der Waals surface area contributed by atoms with E-state index < -0.39 is 5.97 Å². The smallest absolute Gasteiger partial charge is 0.348 e. The molecule has 4 aromatic rings. The Kier molecular flexibility index (Phi) is 5.48. The van der Waals surface area contributed by atoms with Crippen LogP contribution in [0.5, 0.6) is 0 Å². The van der Waals surface area contributed by atoms with Crippen molar-refractivity contribution in [1.82, 2.24) is 20.2 Å². The summed E-state index contributed by atoms with van der Waals surface area (Å²) in [5.41, 5.74) is 1.01. The summed E-state index contributed by atoms with van der Waals surface area (Å²) in [5.74, 6) is 1.05. The molecule has 30 heavy (non-hydrogen) atoms. The number of rotatable bonds is 6. The number of aromatic nitrogens is 4. The van der Waals surface area contributed by atoms with Crippen LogP contribution in [0.1, 0.15) is 45.9 Å². The number of ether oxygens (including phenoxy) is 1. The van der Waals surface area contributed by atoms with Gasteiger partial charge in [-0.1, -0.05) is 11.8 Å². The summed E-state index contributed by atoms with van der Waals surface area (Å²) < 4.78 is 16.0. The lowest BCUT2D eigenvalue weighted by Crippen LogP contribution is -2.12. The lowest BCUT2D eigenvalue weighted by atomic mass is 10.2. The largest absolute Gasteiger partial charge is 0.469 e. The molecule has 0 spiro atoms. The quantitative estimate of drug-likeness (QED) is 0.341. The summed E-state index contributed by atoms with van der Waals surface area (Å²) in [6.07, 6.45) is 1.56. The predicted molar refractivity (Wildman–Crippen MR) is 112 cm³/mol. The van der Waals surface area contributed by atoms with Crippen molar-refractivity contribution in [1.29, 1.82) is 0 Å². The predicted octanol–water partition coefficient (Wildman–Crippen LogP) is 4.27. The molecule has 0 aliphatic rings. The van der Waals surface area contributed by atoms with Crippen LogP contribution < -0.4 is 5.56 Å². The van der Waals surface area contributed by atoms with Crippen molar-refractivity contribution in [2.24, 2.45) is 0 Å². The van der Waals surface area contributed by atoms with Gasteiger partial charge in [-0.2, -0.15) is 0 Å². The zero-order chi connectivity index (χ0) is 21.4. The van der Waals surface area contributed by atoms with Crippen LogP contribution in [0.15, 0.2) is 31.2 Å². The Bertz CT molecular complexity index is 1290. The van der Waals surface area contributed by atoms with Crippen molar-refractivity contribution in [2.75, 3.05) is 6.61 Å². The third-order valence-electron chi connectivity index (χ3n) is 4.44. The Morgan fingerprint density at radius 1 is 1.37 bits per heavy atom. The number of esters is 1. The van der Waals surface area contributed by atoms with Gasteiger partial charge in [0, 0.05) is 0 Å². The highest BCUT2D eigenvalue weighted by Crippen LogP contribution is 2.35. The van der Waals surface area contributed by atoms with Crippen LogP contribution in [0.2, 0.25) is 0 Å². The average Bonchev–Trinajstić information content (AvgIpc) is 3.41. The van der Waals surface area contributed by atoms with Gasteiger partial charge in [0.1, 0.15) is 21.3 Å². The van der Waals surface area contributed by atoms with Crippen molar-refractivity contribution in [3.63, 3.8) is 0 Å². The maximum atomic E-state index is 12.7. The molecule has 0 aliphatic carbocycles. The lowest BCUT2D eigenvalue weighted by Gasteiger charge is -2.07. The Balaban J connectivity index is 1.61. The van der Waals surface area contributed by atoms with Crippen LogP contribution in [-0.4, -0.2) is 32.7 Å². The molecule has 1 N–H and O–H groups in total. The molecule has 4 rings (SSSR count). The number of hydrogen-bond acceptors (Lipinski definition) is 10. The zero-order valence-electron chi connectivity index (χ0n) is 16.6. The van der Waals surface area contributed by atoms with E-state index in [2.05, 4.69) is 20.2 Å². The molecule has 0 aliphatic heterocycles. The summed E-state index contributed by atoms with van der Waals surface area (Å²) in [6, 6.07) is 1.76. The fourth-order valence-electron chi connectivity index (χ4n) is 2.92. The molecule has 11 heteroatoms. The second kappa shape index (κ2) is 8.07. The highest BCUT2D eigenvalue weighted by atomic mass is 32.2. The van der Waals surface area contributed by atoms with E-state index in [9.17, 15) is 9.59 Å². The van der Waals surface area contributed by atoms with Crippen LogP contribution in [-0.2, 0) is 4.74 Å². The van der Waals surface area contributed by atoms with E-state index in [1.165, 1.54) is 11.8 Å². The molecular weight excluding hydrogens is 428 g/mol. The molecule has 0 aromatic carbocycles. The minimum atomic E-state index is -0.450. The van der Waals surface area contributed by atoms with E-state index in [1.54, 1.807) is 26.2 Å². The number of carbonyl (C=O) groups excluding carboxylic acids is 1. The molecule has 0 radical (unpaired) electrons. The highest BCUT2D eigenvalue weighted by Gasteiger charge is 2.23. The molecule has 0 saturated carbocycles. The number of aromatic amines is 1. The monoisotopic (exact) mass is 446 g/mol. The number of H-pyrrole nitrogens is 1. The minimum absolute atomic E-state index is 0.264. The average molecular weight is 447 g/mol. The third kappa shape index (κ3) is 3.65. The number of furan rings is 1. The fraction of sp³-hybridized carbons (Fsp3) is 0.316. The van der Waals surface area contributed by atoms with Crippen LogP contribution in [0.25, 0.3) is 21.7 Å². The van der Waals surface area contributed by atoms with E-state index in [-0.39, 0.29) is 17.4 Å². The molecule has 4 heterocycles. The van der Waals surface area contributed by atoms with E-state index >= 15 is 0 Å². The van der Waals surface area contributed by atoms with Crippen LogP contribution >= 0.6 is 23.1 Å². The number of thioether (sulfide) groups is 1. The number of hydrogen-bond donors (Lipinski definition) is 1. The number of aryl methyl sites for hydroxylation is 2. The van der Waals surface area contributed by atoms with Gasteiger partial charge in [-0.15, -0.1) is 21.5 Å². The van der Waals surface area contributed by atoms with Gasteiger partial charge in [-0.3, -0.25) is 4.79 Å². The Morgan fingerprint density at radius 3 is 2.87 bits per heavy atom. The van der Waals surface area contributed by atoms with Gasteiger partial charge in [-0.25, -0.2) is 9.78 Å². The summed E-state index contributed by atoms with van der Waals surface area (Å²) in [4.78, 5) is 33.0. The van der Waals surface area contributed by atoms with Gasteiger partial charge >= 0.3 is 5.97 Å². The third-order valence-corrected chi connectivity index (χ3v) is 6.55. The van der Waals surface area contributed by atoms with Crippen molar-refractivity contribution in [3.05, 3.63) is 44.7 Å². The molecule has 9 nitrogen and oxygen atoms in total. The molecule has 0 bridgehead atoms. The standard InChI is InChI=1S/C19H18N4O5S2/c1-5-26-18(25)13-8(2)12-15(24)20-14(21-17(12)30-13)10(4)29-19-23-22-16(28-19)11-6-7-27-9(11)3/h6-7,10H,5H2,1-4H3,(H,20,21,24). The van der Waals surface area contributed by atoms with Crippen molar-refractivity contribution in [3.8, 4) is 11.5 Å². The molecule has 156 valence electrons. The second-order valence-corrected chi connectivity index (χ2v) is 8.72. The number of fused-ring (bicyclic) bond motifs is 1. The number of thiophene rings is 1. The van der Waals surface area contributed by atoms with Crippen LogP contribution in [0, 0.1) is 13.8 Å². The maximum absolute atomic E-state index is 12.7. The molecular formula is C19H18N4O5S2. The number of nitrogens with one attached hydrogen (secondary N) is 1. The molecule has 1 unspecified atom stereocenters. The van der Waals surface area contributed by atoms with Gasteiger partial charge in [0.15, 0.2) is 0 Å². The van der Waals surface area contributed by atoms with Gasteiger partial charge in [0.25, 0.3) is 16.7 Å². The highest BCUT2D eigenvalue weighted by molar-refractivity contribution is 7.99. The maximum Gasteiger partial charge on any atom is 0.348 e. The first-order valence-corrected chi connectivity index (χ1v) is 10.8. The Morgan fingerprint density at radius 2 is 2.17 bits per heavy atom. The summed E-state index contributed by atoms with van der Waals surface area (Å²) >= 11 is 2.42. The first kappa shape index (κ1) is 20.4. The van der Waals surface area contributed by atoms with Gasteiger partial charge < -0.3 is 18.6 Å². The summed E-state index contributed by atoms with van der Waals surface area (Å²) in [5, 5.41) is 8.57. The molecule has 0 saturated heterocycles. The summed E-state index contributed by atoms with van der Waals surface area (Å²) in [7, 11) is 0. The van der Waals surface area contributed by atoms with Gasteiger partial charge in [-0.05, 0) is 39.3 Å². The van der Waals surface area contributed by atoms with Crippen molar-refractivity contribution < 1.29 is 18.4 Å². The first-order valence-electron chi connectivity index (χ1n) is 9.14. The normalized spacial score (nSPS) is 12.4. The summed E-state index contributed by atoms with van der Waals surface area (Å²) in [6.45, 7) is 7.40. The van der Waals surface area contributed by atoms with E-state index in [4.69, 9.17) is 13.6 Å². The molecule has 1 atom stereocenters. The zero-order valence-corrected chi connectivity index (χ0v) is 18.3. The van der Waals surface area contributed by atoms with Gasteiger partial charge in [0.05, 0.1) is 29.1 Å².